The number of hydrogen-bond donors (Lipinski definition) is 1. The zero-order valence-electron chi connectivity index (χ0n) is 18.0. The molecule has 4 rings (SSSR count). The number of amides is 1. The van der Waals surface area contributed by atoms with Crippen molar-refractivity contribution < 1.29 is 9.53 Å². The lowest BCUT2D eigenvalue weighted by Gasteiger charge is -2.12. The molecule has 0 saturated heterocycles. The van der Waals surface area contributed by atoms with Gasteiger partial charge >= 0.3 is 0 Å². The first-order valence-electron chi connectivity index (χ1n) is 10.6. The number of nitrogens with one attached hydrogen (secondary N) is 1. The fraction of sp³-hybridized carbons (Fsp3) is 0.231. The summed E-state index contributed by atoms with van der Waals surface area (Å²) in [5, 5.41) is 2.99. The van der Waals surface area contributed by atoms with Crippen LogP contribution in [-0.4, -0.2) is 22.1 Å². The van der Waals surface area contributed by atoms with Gasteiger partial charge < -0.3 is 14.6 Å². The maximum atomic E-state index is 12.4. The molecule has 0 spiro atoms. The molecule has 0 fully saturated rings. The minimum atomic E-state index is -0.0997. The van der Waals surface area contributed by atoms with Crippen LogP contribution in [0.1, 0.15) is 33.7 Å². The fourth-order valence-corrected chi connectivity index (χ4v) is 3.79. The molecule has 158 valence electrons. The van der Waals surface area contributed by atoms with E-state index in [2.05, 4.69) is 48.0 Å². The predicted octanol–water partition coefficient (Wildman–Crippen LogP) is 5.05. The molecule has 31 heavy (non-hydrogen) atoms. The third-order valence-electron chi connectivity index (χ3n) is 5.17. The second kappa shape index (κ2) is 9.47. The molecule has 3 aromatic carbocycles. The Hall–Kier alpha value is -3.60. The number of para-hydroxylation sites is 2. The zero-order valence-corrected chi connectivity index (χ0v) is 18.0. The Morgan fingerprint density at radius 1 is 0.968 bits per heavy atom. The van der Waals surface area contributed by atoms with E-state index in [-0.39, 0.29) is 5.91 Å². The summed E-state index contributed by atoms with van der Waals surface area (Å²) in [5.41, 5.74) is 5.05. The summed E-state index contributed by atoms with van der Waals surface area (Å²) in [6, 6.07) is 23.6. The lowest BCUT2D eigenvalue weighted by Crippen LogP contribution is -2.24. The van der Waals surface area contributed by atoms with E-state index in [0.717, 1.165) is 35.6 Å². The van der Waals surface area contributed by atoms with Crippen molar-refractivity contribution in [2.24, 2.45) is 0 Å². The first kappa shape index (κ1) is 20.7. The van der Waals surface area contributed by atoms with Crippen LogP contribution < -0.4 is 10.1 Å². The molecule has 1 N–H and O–H groups in total. The molecule has 0 bridgehead atoms. The number of rotatable bonds is 8. The van der Waals surface area contributed by atoms with Crippen LogP contribution in [0.4, 0.5) is 0 Å². The van der Waals surface area contributed by atoms with Gasteiger partial charge in [-0.15, -0.1) is 0 Å². The standard InChI is InChI=1S/C26H27N3O2/c1-19-15-20(2)17-22(16-19)31-14-8-13-29-24-12-7-6-11-23(24)28-25(29)18-27-26(30)21-9-4-3-5-10-21/h3-7,9-12,15-17H,8,13-14,18H2,1-2H3,(H,27,30). The molecule has 4 aromatic rings. The van der Waals surface area contributed by atoms with E-state index in [0.29, 0.717) is 18.7 Å². The van der Waals surface area contributed by atoms with Gasteiger partial charge in [-0.2, -0.15) is 0 Å². The minimum Gasteiger partial charge on any atom is -0.494 e. The largest absolute Gasteiger partial charge is 0.494 e. The van der Waals surface area contributed by atoms with E-state index in [4.69, 9.17) is 9.72 Å². The van der Waals surface area contributed by atoms with Gasteiger partial charge in [0, 0.05) is 12.1 Å². The third-order valence-corrected chi connectivity index (χ3v) is 5.17. The van der Waals surface area contributed by atoms with Crippen LogP contribution >= 0.6 is 0 Å². The van der Waals surface area contributed by atoms with Gasteiger partial charge in [0.25, 0.3) is 5.91 Å². The van der Waals surface area contributed by atoms with Crippen LogP contribution in [0, 0.1) is 13.8 Å². The van der Waals surface area contributed by atoms with Crippen molar-refractivity contribution in [3.63, 3.8) is 0 Å². The van der Waals surface area contributed by atoms with Gasteiger partial charge in [0.1, 0.15) is 11.6 Å². The molecule has 0 aliphatic rings. The van der Waals surface area contributed by atoms with E-state index in [9.17, 15) is 4.79 Å². The van der Waals surface area contributed by atoms with Crippen molar-refractivity contribution in [3.05, 3.63) is 95.3 Å². The van der Waals surface area contributed by atoms with Crippen LogP contribution in [-0.2, 0) is 13.1 Å². The maximum Gasteiger partial charge on any atom is 0.251 e. The Balaban J connectivity index is 1.43. The van der Waals surface area contributed by atoms with Gasteiger partial charge in [-0.25, -0.2) is 4.98 Å². The number of nitrogens with zero attached hydrogens (tertiary/aromatic N) is 2. The minimum absolute atomic E-state index is 0.0997. The lowest BCUT2D eigenvalue weighted by atomic mass is 10.1. The summed E-state index contributed by atoms with van der Waals surface area (Å²) in [6.07, 6.45) is 0.840. The first-order chi connectivity index (χ1) is 15.1. The summed E-state index contributed by atoms with van der Waals surface area (Å²) in [7, 11) is 0. The Labute approximate surface area is 182 Å². The molecular formula is C26H27N3O2. The Kier molecular flexibility index (Phi) is 6.32. The van der Waals surface area contributed by atoms with Crippen molar-refractivity contribution in [3.8, 4) is 5.75 Å². The van der Waals surface area contributed by atoms with Crippen LogP contribution in [0.5, 0.6) is 5.75 Å². The number of imidazole rings is 1. The van der Waals surface area contributed by atoms with Crippen molar-refractivity contribution in [2.45, 2.75) is 33.4 Å². The van der Waals surface area contributed by atoms with Gasteiger partial charge in [0.2, 0.25) is 0 Å². The number of aromatic nitrogens is 2. The Bertz CT molecular complexity index is 1160. The molecule has 5 heteroatoms. The van der Waals surface area contributed by atoms with Crippen LogP contribution in [0.25, 0.3) is 11.0 Å². The maximum absolute atomic E-state index is 12.4. The number of carbonyl (C=O) groups is 1. The third kappa shape index (κ3) is 5.12. The quantitative estimate of drug-likeness (QED) is 0.411. The highest BCUT2D eigenvalue weighted by Gasteiger charge is 2.12. The van der Waals surface area contributed by atoms with Crippen LogP contribution in [0.3, 0.4) is 0 Å². The highest BCUT2D eigenvalue weighted by Crippen LogP contribution is 2.19. The van der Waals surface area contributed by atoms with Crippen molar-refractivity contribution in [2.75, 3.05) is 6.61 Å². The normalized spacial score (nSPS) is 10.9. The summed E-state index contributed by atoms with van der Waals surface area (Å²) in [5.74, 6) is 1.65. The summed E-state index contributed by atoms with van der Waals surface area (Å²) >= 11 is 0. The van der Waals surface area contributed by atoms with E-state index < -0.39 is 0 Å². The van der Waals surface area contributed by atoms with Crippen molar-refractivity contribution in [1.82, 2.24) is 14.9 Å². The van der Waals surface area contributed by atoms with Gasteiger partial charge in [0.15, 0.2) is 0 Å². The molecule has 1 aromatic heterocycles. The molecule has 0 aliphatic carbocycles. The second-order valence-electron chi connectivity index (χ2n) is 7.74. The first-order valence-corrected chi connectivity index (χ1v) is 10.6. The molecule has 0 aliphatic heterocycles. The van der Waals surface area contributed by atoms with Gasteiger partial charge in [0.05, 0.1) is 24.2 Å². The molecule has 0 unspecified atom stereocenters. The zero-order chi connectivity index (χ0) is 21.6. The topological polar surface area (TPSA) is 56.1 Å². The Morgan fingerprint density at radius 2 is 1.68 bits per heavy atom. The second-order valence-corrected chi connectivity index (χ2v) is 7.74. The highest BCUT2D eigenvalue weighted by molar-refractivity contribution is 5.94. The summed E-state index contributed by atoms with van der Waals surface area (Å²) in [4.78, 5) is 17.2. The number of benzene rings is 3. The molecule has 0 radical (unpaired) electrons. The summed E-state index contributed by atoms with van der Waals surface area (Å²) in [6.45, 7) is 5.91. The Morgan fingerprint density at radius 3 is 2.45 bits per heavy atom. The van der Waals surface area contributed by atoms with Crippen molar-refractivity contribution >= 4 is 16.9 Å². The molecule has 0 atom stereocenters. The van der Waals surface area contributed by atoms with Crippen molar-refractivity contribution in [1.29, 1.82) is 0 Å². The number of hydrogen-bond acceptors (Lipinski definition) is 3. The lowest BCUT2D eigenvalue weighted by molar-refractivity contribution is 0.0949. The number of fused-ring (bicyclic) bond motifs is 1. The van der Waals surface area contributed by atoms with Gasteiger partial charge in [-0.3, -0.25) is 4.79 Å². The van der Waals surface area contributed by atoms with Crippen LogP contribution in [0.2, 0.25) is 0 Å². The molecule has 1 amide bonds. The monoisotopic (exact) mass is 413 g/mol. The number of ether oxygens (including phenoxy) is 1. The average Bonchev–Trinajstić information content (AvgIpc) is 3.12. The molecular weight excluding hydrogens is 386 g/mol. The molecule has 1 heterocycles. The number of carbonyl (C=O) groups excluding carboxylic acids is 1. The van der Waals surface area contributed by atoms with Gasteiger partial charge in [-0.05, 0) is 67.8 Å². The SMILES string of the molecule is Cc1cc(C)cc(OCCCn2c(CNC(=O)c3ccccc3)nc3ccccc32)c1. The predicted molar refractivity (Wildman–Crippen MR) is 123 cm³/mol. The fourth-order valence-electron chi connectivity index (χ4n) is 3.79. The van der Waals surface area contributed by atoms with E-state index in [1.807, 2.05) is 48.5 Å². The summed E-state index contributed by atoms with van der Waals surface area (Å²) < 4.78 is 8.14. The average molecular weight is 414 g/mol. The van der Waals surface area contributed by atoms with E-state index >= 15 is 0 Å². The smallest absolute Gasteiger partial charge is 0.251 e. The highest BCUT2D eigenvalue weighted by atomic mass is 16.5. The van der Waals surface area contributed by atoms with Crippen LogP contribution in [0.15, 0.2) is 72.8 Å². The molecule has 0 saturated carbocycles. The van der Waals surface area contributed by atoms with Gasteiger partial charge in [-0.1, -0.05) is 36.4 Å². The van der Waals surface area contributed by atoms with E-state index in [1.165, 1.54) is 11.1 Å². The molecule has 5 nitrogen and oxygen atoms in total. The number of aryl methyl sites for hydroxylation is 3. The van der Waals surface area contributed by atoms with E-state index in [1.54, 1.807) is 0 Å².